The monoisotopic (exact) mass is 249 g/mol. The maximum absolute atomic E-state index is 12.5. The third-order valence-electron chi connectivity index (χ3n) is 3.93. The molecule has 90 valence electrons. The van der Waals surface area contributed by atoms with Gasteiger partial charge in [-0.15, -0.1) is 11.6 Å². The van der Waals surface area contributed by atoms with Gasteiger partial charge in [0.25, 0.3) is 5.91 Å². The first-order valence-electron chi connectivity index (χ1n) is 6.27. The lowest BCUT2D eigenvalue weighted by Gasteiger charge is -2.37. The Morgan fingerprint density at radius 1 is 1.12 bits per heavy atom. The molecule has 2 unspecified atom stereocenters. The van der Waals surface area contributed by atoms with Crippen LogP contribution in [0.1, 0.15) is 36.0 Å². The summed E-state index contributed by atoms with van der Waals surface area (Å²) in [6.45, 7) is 0. The van der Waals surface area contributed by atoms with Crippen molar-refractivity contribution in [1.82, 2.24) is 4.90 Å². The van der Waals surface area contributed by atoms with Crippen LogP contribution in [0.15, 0.2) is 30.3 Å². The van der Waals surface area contributed by atoms with Crippen LogP contribution in [0.2, 0.25) is 0 Å². The average molecular weight is 250 g/mol. The summed E-state index contributed by atoms with van der Waals surface area (Å²) in [5, 5.41) is 0.257. The number of benzene rings is 1. The molecule has 0 radical (unpaired) electrons. The van der Waals surface area contributed by atoms with E-state index < -0.39 is 0 Å². The van der Waals surface area contributed by atoms with Crippen molar-refractivity contribution in [2.24, 2.45) is 0 Å². The molecule has 1 aromatic rings. The van der Waals surface area contributed by atoms with Crippen LogP contribution in [-0.2, 0) is 0 Å². The number of nitrogens with zero attached hydrogens (tertiary/aromatic N) is 1. The van der Waals surface area contributed by atoms with Crippen molar-refractivity contribution < 1.29 is 4.79 Å². The summed E-state index contributed by atoms with van der Waals surface area (Å²) in [7, 11) is 0. The summed E-state index contributed by atoms with van der Waals surface area (Å²) in [6.07, 6.45) is 4.15. The Morgan fingerprint density at radius 2 is 1.71 bits per heavy atom. The zero-order valence-electron chi connectivity index (χ0n) is 9.68. The van der Waals surface area contributed by atoms with Crippen LogP contribution >= 0.6 is 11.6 Å². The summed E-state index contributed by atoms with van der Waals surface area (Å²) < 4.78 is 0. The molecule has 2 atom stereocenters. The van der Waals surface area contributed by atoms with Crippen molar-refractivity contribution in [1.29, 1.82) is 0 Å². The first kappa shape index (κ1) is 11.1. The van der Waals surface area contributed by atoms with E-state index in [0.717, 1.165) is 31.2 Å². The summed E-state index contributed by atoms with van der Waals surface area (Å²) in [5.41, 5.74) is 0.803. The quantitative estimate of drug-likeness (QED) is 0.701. The van der Waals surface area contributed by atoms with Crippen LogP contribution in [0, 0.1) is 0 Å². The lowest BCUT2D eigenvalue weighted by molar-refractivity contribution is 0.0599. The fourth-order valence-electron chi connectivity index (χ4n) is 3.17. The second-order valence-corrected chi connectivity index (χ2v) is 5.65. The SMILES string of the molecule is O=C(c1ccccc1)N1C2CCC1CC(Cl)C2. The van der Waals surface area contributed by atoms with Crippen LogP contribution in [0.5, 0.6) is 0 Å². The number of fused-ring (bicyclic) bond motifs is 2. The van der Waals surface area contributed by atoms with Crippen molar-refractivity contribution in [3.05, 3.63) is 35.9 Å². The number of hydrogen-bond donors (Lipinski definition) is 0. The molecule has 2 heterocycles. The molecule has 1 amide bonds. The third-order valence-corrected chi connectivity index (χ3v) is 4.29. The van der Waals surface area contributed by atoms with Crippen LogP contribution in [0.4, 0.5) is 0 Å². The maximum Gasteiger partial charge on any atom is 0.254 e. The van der Waals surface area contributed by atoms with Gasteiger partial charge in [-0.3, -0.25) is 4.79 Å². The maximum atomic E-state index is 12.5. The number of alkyl halides is 1. The van der Waals surface area contributed by atoms with E-state index in [1.807, 2.05) is 30.3 Å². The zero-order valence-corrected chi connectivity index (χ0v) is 10.4. The van der Waals surface area contributed by atoms with Gasteiger partial charge in [-0.05, 0) is 37.8 Å². The summed E-state index contributed by atoms with van der Waals surface area (Å²) in [6, 6.07) is 10.3. The molecular formula is C14H16ClNO. The molecule has 17 heavy (non-hydrogen) atoms. The fourth-order valence-corrected chi connectivity index (χ4v) is 3.58. The highest BCUT2D eigenvalue weighted by Crippen LogP contribution is 2.38. The Hall–Kier alpha value is -1.02. The van der Waals surface area contributed by atoms with Crippen molar-refractivity contribution in [2.75, 3.05) is 0 Å². The normalized spacial score (nSPS) is 31.6. The molecule has 2 bridgehead atoms. The first-order valence-corrected chi connectivity index (χ1v) is 6.71. The molecule has 2 fully saturated rings. The fraction of sp³-hybridized carbons (Fsp3) is 0.500. The van der Waals surface area contributed by atoms with E-state index in [9.17, 15) is 4.79 Å². The molecular weight excluding hydrogens is 234 g/mol. The third kappa shape index (κ3) is 1.95. The lowest BCUT2D eigenvalue weighted by Crippen LogP contribution is -2.46. The van der Waals surface area contributed by atoms with Crippen LogP contribution in [0.25, 0.3) is 0 Å². The molecule has 2 saturated heterocycles. The number of carbonyl (C=O) groups is 1. The molecule has 0 aliphatic carbocycles. The predicted molar refractivity (Wildman–Crippen MR) is 68.3 cm³/mol. The van der Waals surface area contributed by atoms with E-state index in [2.05, 4.69) is 4.90 Å². The van der Waals surface area contributed by atoms with Crippen LogP contribution in [0.3, 0.4) is 0 Å². The van der Waals surface area contributed by atoms with Crippen molar-refractivity contribution >= 4 is 17.5 Å². The van der Waals surface area contributed by atoms with Gasteiger partial charge in [0.1, 0.15) is 0 Å². The molecule has 3 rings (SSSR count). The highest BCUT2D eigenvalue weighted by atomic mass is 35.5. The number of amides is 1. The summed E-state index contributed by atoms with van der Waals surface area (Å²) >= 11 is 6.22. The van der Waals surface area contributed by atoms with Gasteiger partial charge >= 0.3 is 0 Å². The molecule has 1 aromatic carbocycles. The van der Waals surface area contributed by atoms with Gasteiger partial charge in [0.05, 0.1) is 0 Å². The topological polar surface area (TPSA) is 20.3 Å². The van der Waals surface area contributed by atoms with Gasteiger partial charge in [0, 0.05) is 23.0 Å². The number of hydrogen-bond acceptors (Lipinski definition) is 1. The Morgan fingerprint density at radius 3 is 2.29 bits per heavy atom. The Kier molecular flexibility index (Phi) is 2.83. The smallest absolute Gasteiger partial charge is 0.254 e. The van der Waals surface area contributed by atoms with Crippen molar-refractivity contribution in [3.63, 3.8) is 0 Å². The Balaban J connectivity index is 1.84. The Bertz CT molecular complexity index is 405. The van der Waals surface area contributed by atoms with E-state index in [-0.39, 0.29) is 11.3 Å². The standard InChI is InChI=1S/C14H16ClNO/c15-11-8-12-6-7-13(9-11)16(12)14(17)10-4-2-1-3-5-10/h1-5,11-13H,6-9H2. The highest BCUT2D eigenvalue weighted by molar-refractivity contribution is 6.20. The molecule has 0 N–H and O–H groups in total. The zero-order chi connectivity index (χ0) is 11.8. The molecule has 2 aliphatic rings. The molecule has 0 saturated carbocycles. The second-order valence-electron chi connectivity index (χ2n) is 5.03. The minimum atomic E-state index is 0.182. The van der Waals surface area contributed by atoms with Crippen molar-refractivity contribution in [3.8, 4) is 0 Å². The van der Waals surface area contributed by atoms with E-state index >= 15 is 0 Å². The second kappa shape index (κ2) is 4.34. The van der Waals surface area contributed by atoms with E-state index in [0.29, 0.717) is 12.1 Å². The minimum Gasteiger partial charge on any atom is -0.333 e. The highest BCUT2D eigenvalue weighted by Gasteiger charge is 2.42. The number of rotatable bonds is 1. The van der Waals surface area contributed by atoms with Gasteiger partial charge in [0.15, 0.2) is 0 Å². The van der Waals surface area contributed by atoms with Crippen LogP contribution in [-0.4, -0.2) is 28.3 Å². The van der Waals surface area contributed by atoms with Crippen molar-refractivity contribution in [2.45, 2.75) is 43.1 Å². The Labute approximate surface area is 107 Å². The molecule has 2 aliphatic heterocycles. The van der Waals surface area contributed by atoms with Gasteiger partial charge in [0.2, 0.25) is 0 Å². The van der Waals surface area contributed by atoms with E-state index in [4.69, 9.17) is 11.6 Å². The van der Waals surface area contributed by atoms with Gasteiger partial charge in [-0.2, -0.15) is 0 Å². The summed E-state index contributed by atoms with van der Waals surface area (Å²) in [5.74, 6) is 0.182. The van der Waals surface area contributed by atoms with Gasteiger partial charge in [-0.1, -0.05) is 18.2 Å². The molecule has 0 spiro atoms. The van der Waals surface area contributed by atoms with E-state index in [1.165, 1.54) is 0 Å². The molecule has 2 nitrogen and oxygen atoms in total. The van der Waals surface area contributed by atoms with Crippen LogP contribution < -0.4 is 0 Å². The van der Waals surface area contributed by atoms with Gasteiger partial charge < -0.3 is 4.90 Å². The predicted octanol–water partition coefficient (Wildman–Crippen LogP) is 3.06. The lowest BCUT2D eigenvalue weighted by atomic mass is 10.0. The first-order chi connectivity index (χ1) is 8.25. The number of halogens is 1. The average Bonchev–Trinajstić information content (AvgIpc) is 2.62. The number of carbonyl (C=O) groups excluding carboxylic acids is 1. The molecule has 3 heteroatoms. The molecule has 0 aromatic heterocycles. The number of piperidine rings is 1. The summed E-state index contributed by atoms with van der Waals surface area (Å²) in [4.78, 5) is 14.5. The van der Waals surface area contributed by atoms with E-state index in [1.54, 1.807) is 0 Å². The minimum absolute atomic E-state index is 0.182. The largest absolute Gasteiger partial charge is 0.333 e. The van der Waals surface area contributed by atoms with Gasteiger partial charge in [-0.25, -0.2) is 0 Å².